The summed E-state index contributed by atoms with van der Waals surface area (Å²) in [6.07, 6.45) is 10.1. The molecule has 0 aliphatic heterocycles. The molecule has 0 saturated heterocycles. The van der Waals surface area contributed by atoms with Gasteiger partial charge in [-0.15, -0.1) is 0 Å². The fraction of sp³-hybridized carbons (Fsp3) is 0.667. The molecule has 0 amide bonds. The lowest BCUT2D eigenvalue weighted by Crippen LogP contribution is -2.42. The Bertz CT molecular complexity index is 706. The van der Waals surface area contributed by atoms with Crippen molar-refractivity contribution in [3.05, 3.63) is 28.6 Å². The second-order valence-electron chi connectivity index (χ2n) is 9.21. The van der Waals surface area contributed by atoms with E-state index in [0.717, 1.165) is 24.1 Å². The molecule has 0 saturated carbocycles. The van der Waals surface area contributed by atoms with Gasteiger partial charge in [-0.25, -0.2) is 0 Å². The van der Waals surface area contributed by atoms with Gasteiger partial charge >= 0.3 is 0 Å². The van der Waals surface area contributed by atoms with Crippen LogP contribution in [-0.2, 0) is 24.3 Å². The summed E-state index contributed by atoms with van der Waals surface area (Å²) in [7, 11) is 0.285. The minimum Gasteiger partial charge on any atom is -0.416 e. The largest absolute Gasteiger partial charge is 0.416 e. The normalized spacial score (nSPS) is 21.0. The van der Waals surface area contributed by atoms with Gasteiger partial charge in [-0.3, -0.25) is 4.79 Å². The van der Waals surface area contributed by atoms with Crippen molar-refractivity contribution in [2.75, 3.05) is 6.61 Å². The van der Waals surface area contributed by atoms with Gasteiger partial charge in [0.2, 0.25) is 0 Å². The van der Waals surface area contributed by atoms with E-state index in [0.29, 0.717) is 6.61 Å². The van der Waals surface area contributed by atoms with Gasteiger partial charge in [0.1, 0.15) is 0 Å². The van der Waals surface area contributed by atoms with Crippen LogP contribution in [0.1, 0.15) is 67.3 Å². The van der Waals surface area contributed by atoms with E-state index in [1.807, 2.05) is 0 Å². The van der Waals surface area contributed by atoms with Crippen LogP contribution in [0.4, 0.5) is 0 Å². The Morgan fingerprint density at radius 2 is 1.88 bits per heavy atom. The van der Waals surface area contributed by atoms with Gasteiger partial charge < -0.3 is 8.99 Å². The van der Waals surface area contributed by atoms with Crippen LogP contribution in [0, 0.1) is 5.92 Å². The van der Waals surface area contributed by atoms with Crippen molar-refractivity contribution < 1.29 is 9.22 Å². The summed E-state index contributed by atoms with van der Waals surface area (Å²) in [6, 6.07) is 0. The average Bonchev–Trinajstić information content (AvgIpc) is 2.68. The minimum atomic E-state index is -1.83. The Hall–Kier alpha value is -1.13. The third-order valence-electron chi connectivity index (χ3n) is 6.51. The third-order valence-corrected chi connectivity index (χ3v) is 11.0. The van der Waals surface area contributed by atoms with Crippen molar-refractivity contribution in [2.45, 2.75) is 71.0 Å². The number of Topliss-reactive ketones (excluding diaryl/α,β-unsaturated/α-hetero) is 1. The quantitative estimate of drug-likeness (QED) is 0.552. The van der Waals surface area contributed by atoms with Gasteiger partial charge in [0.05, 0.1) is 11.6 Å². The molecule has 25 heavy (non-hydrogen) atoms. The number of hydrogen-bond donors (Lipinski definition) is 0. The monoisotopic (exact) mass is 359 g/mol. The molecule has 4 heteroatoms. The fourth-order valence-corrected chi connectivity index (χ4v) is 4.80. The van der Waals surface area contributed by atoms with Gasteiger partial charge in [0.15, 0.2) is 14.1 Å². The number of carbonyl (C=O) groups is 1. The van der Waals surface area contributed by atoms with Crippen LogP contribution in [0.2, 0.25) is 18.1 Å². The van der Waals surface area contributed by atoms with Gasteiger partial charge in [-0.05, 0) is 55.5 Å². The van der Waals surface area contributed by atoms with Crippen LogP contribution < -0.4 is 0 Å². The van der Waals surface area contributed by atoms with E-state index in [9.17, 15) is 4.79 Å². The maximum atomic E-state index is 13.3. The molecule has 3 rings (SSSR count). The standard InChI is InChI=1S/C21H33NO2Si/c1-21(2,3)25(5,6)24-14-15-12-13-18-19(20(15)23)16-10-8-7-9-11-17(16)22(18)4/h12-13,15H,7-11,14H2,1-6H3. The lowest BCUT2D eigenvalue weighted by molar-refractivity contribution is 0.0902. The summed E-state index contributed by atoms with van der Waals surface area (Å²) in [4.78, 5) is 13.3. The number of aromatic nitrogens is 1. The molecule has 138 valence electrons. The molecule has 1 heterocycles. The summed E-state index contributed by atoms with van der Waals surface area (Å²) in [5, 5.41) is 0.170. The SMILES string of the molecule is Cn1c2c(c3c1CCCCC3)C(=O)C(CO[Si](C)(C)C(C)(C)C)C=C2. The van der Waals surface area contributed by atoms with E-state index in [1.54, 1.807) is 0 Å². The first kappa shape index (κ1) is 18.7. The Morgan fingerprint density at radius 3 is 2.56 bits per heavy atom. The highest BCUT2D eigenvalue weighted by Crippen LogP contribution is 2.38. The summed E-state index contributed by atoms with van der Waals surface area (Å²) in [5.41, 5.74) is 4.80. The van der Waals surface area contributed by atoms with Crippen molar-refractivity contribution in [3.63, 3.8) is 0 Å². The van der Waals surface area contributed by atoms with Crippen LogP contribution in [0.25, 0.3) is 6.08 Å². The number of fused-ring (bicyclic) bond motifs is 3. The maximum Gasteiger partial charge on any atom is 0.192 e. The van der Waals surface area contributed by atoms with E-state index in [-0.39, 0.29) is 16.7 Å². The first-order chi connectivity index (χ1) is 11.6. The summed E-state index contributed by atoms with van der Waals surface area (Å²) in [6.45, 7) is 11.8. The van der Waals surface area contributed by atoms with Gasteiger partial charge in [-0.1, -0.05) is 33.3 Å². The van der Waals surface area contributed by atoms with Gasteiger partial charge in [-0.2, -0.15) is 0 Å². The van der Waals surface area contributed by atoms with E-state index >= 15 is 0 Å². The minimum absolute atomic E-state index is 0.128. The Balaban J connectivity index is 1.85. The molecule has 1 aromatic heterocycles. The number of hydrogen-bond acceptors (Lipinski definition) is 2. The van der Waals surface area contributed by atoms with Crippen LogP contribution in [0.5, 0.6) is 0 Å². The zero-order valence-corrected chi connectivity index (χ0v) is 17.7. The van der Waals surface area contributed by atoms with Crippen LogP contribution in [0.15, 0.2) is 6.08 Å². The molecule has 0 spiro atoms. The molecule has 2 aliphatic rings. The van der Waals surface area contributed by atoms with E-state index in [4.69, 9.17) is 4.43 Å². The van der Waals surface area contributed by atoms with E-state index < -0.39 is 8.32 Å². The molecular formula is C21H33NO2Si. The molecule has 2 aliphatic carbocycles. The highest BCUT2D eigenvalue weighted by molar-refractivity contribution is 6.74. The molecule has 0 radical (unpaired) electrons. The predicted molar refractivity (Wildman–Crippen MR) is 107 cm³/mol. The van der Waals surface area contributed by atoms with Crippen molar-refractivity contribution in [1.29, 1.82) is 0 Å². The van der Waals surface area contributed by atoms with Crippen LogP contribution in [-0.4, -0.2) is 25.3 Å². The van der Waals surface area contributed by atoms with Gasteiger partial charge in [0, 0.05) is 24.9 Å². The molecular weight excluding hydrogens is 326 g/mol. The Labute approximate surface area is 153 Å². The highest BCUT2D eigenvalue weighted by atomic mass is 28.4. The topological polar surface area (TPSA) is 31.2 Å². The van der Waals surface area contributed by atoms with Gasteiger partial charge in [0.25, 0.3) is 0 Å². The lowest BCUT2D eigenvalue weighted by atomic mass is 9.89. The molecule has 1 aromatic rings. The highest BCUT2D eigenvalue weighted by Gasteiger charge is 2.39. The molecule has 1 atom stereocenters. The molecule has 1 unspecified atom stereocenters. The Kier molecular flexibility index (Phi) is 4.88. The molecule has 0 fully saturated rings. The van der Waals surface area contributed by atoms with Crippen molar-refractivity contribution >= 4 is 20.2 Å². The molecule has 0 N–H and O–H groups in total. The van der Waals surface area contributed by atoms with Crippen molar-refractivity contribution in [1.82, 2.24) is 4.57 Å². The lowest BCUT2D eigenvalue weighted by Gasteiger charge is -2.37. The first-order valence-corrected chi connectivity index (χ1v) is 12.6. The zero-order chi connectivity index (χ0) is 18.4. The third kappa shape index (κ3) is 3.31. The van der Waals surface area contributed by atoms with Crippen LogP contribution in [0.3, 0.4) is 0 Å². The maximum absolute atomic E-state index is 13.3. The summed E-state index contributed by atoms with van der Waals surface area (Å²) >= 11 is 0. The van der Waals surface area contributed by atoms with Crippen molar-refractivity contribution in [3.8, 4) is 0 Å². The number of rotatable bonds is 3. The molecule has 0 aromatic carbocycles. The first-order valence-electron chi connectivity index (χ1n) is 9.70. The zero-order valence-electron chi connectivity index (χ0n) is 16.7. The average molecular weight is 360 g/mol. The second kappa shape index (κ2) is 6.55. The molecule has 0 bridgehead atoms. The van der Waals surface area contributed by atoms with E-state index in [2.05, 4.69) is 57.6 Å². The second-order valence-corrected chi connectivity index (χ2v) is 14.0. The smallest absolute Gasteiger partial charge is 0.192 e. The van der Waals surface area contributed by atoms with Crippen LogP contribution >= 0.6 is 0 Å². The predicted octanol–water partition coefficient (Wildman–Crippen LogP) is 5.14. The summed E-state index contributed by atoms with van der Waals surface area (Å²) < 4.78 is 8.61. The van der Waals surface area contributed by atoms with Crippen molar-refractivity contribution in [2.24, 2.45) is 13.0 Å². The Morgan fingerprint density at radius 1 is 1.20 bits per heavy atom. The number of ketones is 1. The molecule has 3 nitrogen and oxygen atoms in total. The number of nitrogens with zero attached hydrogens (tertiary/aromatic N) is 1. The number of carbonyl (C=O) groups excluding carboxylic acids is 1. The fourth-order valence-electron chi connectivity index (χ4n) is 3.77. The summed E-state index contributed by atoms with van der Waals surface area (Å²) in [5.74, 6) is 0.145. The van der Waals surface area contributed by atoms with E-state index in [1.165, 1.54) is 30.5 Å².